The van der Waals surface area contributed by atoms with Gasteiger partial charge in [-0.15, -0.1) is 0 Å². The Hall–Kier alpha value is -0.0400. The minimum Gasteiger partial charge on any atom is -0.381 e. The van der Waals surface area contributed by atoms with Gasteiger partial charge in [-0.1, -0.05) is 168 Å². The lowest BCUT2D eigenvalue weighted by Gasteiger charge is -2.17. The number of ether oxygens (including phenoxy) is 1. The van der Waals surface area contributed by atoms with Crippen molar-refractivity contribution in [1.29, 1.82) is 0 Å². The standard InChI is InChI=1S/C32H66O/c1-4-7-10-12-14-16-18-19-21-23-25-27-29-32(31-33-30-9-6-3)28-26-24-22-20-17-15-13-11-8-5-2/h32H,4-31H2,1-3H3. The minimum atomic E-state index is 0.819. The fourth-order valence-electron chi connectivity index (χ4n) is 5.00. The van der Waals surface area contributed by atoms with Gasteiger partial charge in [0.05, 0.1) is 0 Å². The van der Waals surface area contributed by atoms with E-state index in [4.69, 9.17) is 4.74 Å². The number of unbranched alkanes of at least 4 members (excludes halogenated alkanes) is 21. The van der Waals surface area contributed by atoms with Gasteiger partial charge in [0.15, 0.2) is 0 Å². The molecule has 0 rings (SSSR count). The molecule has 0 amide bonds. The molecule has 0 aromatic carbocycles. The average molecular weight is 467 g/mol. The zero-order chi connectivity index (χ0) is 24.1. The van der Waals surface area contributed by atoms with Crippen LogP contribution in [0.4, 0.5) is 0 Å². The van der Waals surface area contributed by atoms with Crippen LogP contribution >= 0.6 is 0 Å². The molecule has 0 aliphatic rings. The highest BCUT2D eigenvalue weighted by atomic mass is 16.5. The lowest BCUT2D eigenvalue weighted by Crippen LogP contribution is -2.11. The third kappa shape index (κ3) is 28.1. The third-order valence-electron chi connectivity index (χ3n) is 7.43. The summed E-state index contributed by atoms with van der Waals surface area (Å²) in [4.78, 5) is 0. The Balaban J connectivity index is 3.66. The highest BCUT2D eigenvalue weighted by Crippen LogP contribution is 2.20. The lowest BCUT2D eigenvalue weighted by molar-refractivity contribution is 0.0888. The Morgan fingerprint density at radius 2 is 0.667 bits per heavy atom. The molecule has 0 spiro atoms. The molecular weight excluding hydrogens is 400 g/mol. The van der Waals surface area contributed by atoms with Gasteiger partial charge in [-0.3, -0.25) is 0 Å². The van der Waals surface area contributed by atoms with Crippen molar-refractivity contribution in [3.8, 4) is 0 Å². The first kappa shape index (κ1) is 33.0. The largest absolute Gasteiger partial charge is 0.381 e. The van der Waals surface area contributed by atoms with Gasteiger partial charge in [-0.05, 0) is 25.2 Å². The summed E-state index contributed by atoms with van der Waals surface area (Å²) >= 11 is 0. The van der Waals surface area contributed by atoms with Crippen molar-refractivity contribution in [2.24, 2.45) is 5.92 Å². The lowest BCUT2D eigenvalue weighted by atomic mass is 9.94. The van der Waals surface area contributed by atoms with E-state index in [2.05, 4.69) is 20.8 Å². The number of hydrogen-bond donors (Lipinski definition) is 0. The van der Waals surface area contributed by atoms with Gasteiger partial charge in [0.1, 0.15) is 0 Å². The van der Waals surface area contributed by atoms with Crippen LogP contribution in [0.15, 0.2) is 0 Å². The second-order valence-corrected chi connectivity index (χ2v) is 10.9. The zero-order valence-corrected chi connectivity index (χ0v) is 23.8. The molecule has 0 N–H and O–H groups in total. The molecule has 1 atom stereocenters. The summed E-state index contributed by atoms with van der Waals surface area (Å²) in [6, 6.07) is 0. The second kappa shape index (κ2) is 30.0. The third-order valence-corrected chi connectivity index (χ3v) is 7.43. The van der Waals surface area contributed by atoms with Gasteiger partial charge in [0.2, 0.25) is 0 Å². The molecule has 0 aromatic heterocycles. The van der Waals surface area contributed by atoms with E-state index in [1.165, 1.54) is 167 Å². The van der Waals surface area contributed by atoms with E-state index in [1.807, 2.05) is 0 Å². The van der Waals surface area contributed by atoms with Crippen LogP contribution in [0.2, 0.25) is 0 Å². The molecule has 0 fully saturated rings. The molecule has 0 aliphatic carbocycles. The van der Waals surface area contributed by atoms with E-state index in [0.717, 1.165) is 19.1 Å². The van der Waals surface area contributed by atoms with Crippen molar-refractivity contribution in [2.45, 2.75) is 188 Å². The van der Waals surface area contributed by atoms with Crippen LogP contribution in [-0.4, -0.2) is 13.2 Å². The van der Waals surface area contributed by atoms with Gasteiger partial charge in [-0.2, -0.15) is 0 Å². The molecule has 33 heavy (non-hydrogen) atoms. The predicted molar refractivity (Wildman–Crippen MR) is 151 cm³/mol. The predicted octanol–water partition coefficient (Wildman–Crippen LogP) is 11.8. The Kier molecular flexibility index (Phi) is 30.0. The first-order valence-electron chi connectivity index (χ1n) is 15.9. The summed E-state index contributed by atoms with van der Waals surface area (Å²) in [6.45, 7) is 8.87. The Bertz CT molecular complexity index is 326. The maximum Gasteiger partial charge on any atom is 0.0494 e. The topological polar surface area (TPSA) is 9.23 Å². The first-order chi connectivity index (χ1) is 16.3. The molecule has 0 saturated heterocycles. The SMILES string of the molecule is CCCCCCCCCCCCCCC(CCCCCCCCCCCC)COCCCC. The van der Waals surface area contributed by atoms with Crippen LogP contribution in [0.25, 0.3) is 0 Å². The van der Waals surface area contributed by atoms with Crippen molar-refractivity contribution in [1.82, 2.24) is 0 Å². The maximum atomic E-state index is 6.04. The van der Waals surface area contributed by atoms with Crippen molar-refractivity contribution in [2.75, 3.05) is 13.2 Å². The summed E-state index contributed by atoms with van der Waals surface area (Å²) in [5.74, 6) is 0.819. The van der Waals surface area contributed by atoms with E-state index < -0.39 is 0 Å². The number of rotatable bonds is 29. The highest BCUT2D eigenvalue weighted by Gasteiger charge is 2.09. The summed E-state index contributed by atoms with van der Waals surface area (Å²) in [6.07, 6.45) is 37.1. The van der Waals surface area contributed by atoms with Gasteiger partial charge >= 0.3 is 0 Å². The Morgan fingerprint density at radius 3 is 1.00 bits per heavy atom. The molecule has 0 bridgehead atoms. The molecular formula is C32H66O. The maximum absolute atomic E-state index is 6.04. The fraction of sp³-hybridized carbons (Fsp3) is 1.00. The summed E-state index contributed by atoms with van der Waals surface area (Å²) in [5, 5.41) is 0. The normalized spacial score (nSPS) is 12.5. The van der Waals surface area contributed by atoms with Crippen LogP contribution in [0.1, 0.15) is 188 Å². The Labute approximate surface area is 211 Å². The Morgan fingerprint density at radius 1 is 0.364 bits per heavy atom. The van der Waals surface area contributed by atoms with Crippen LogP contribution in [0.3, 0.4) is 0 Å². The molecule has 200 valence electrons. The second-order valence-electron chi connectivity index (χ2n) is 10.9. The van der Waals surface area contributed by atoms with Crippen molar-refractivity contribution >= 4 is 0 Å². The van der Waals surface area contributed by atoms with E-state index >= 15 is 0 Å². The minimum absolute atomic E-state index is 0.819. The average Bonchev–Trinajstić information content (AvgIpc) is 2.83. The summed E-state index contributed by atoms with van der Waals surface area (Å²) in [5.41, 5.74) is 0. The number of hydrogen-bond acceptors (Lipinski definition) is 1. The van der Waals surface area contributed by atoms with Gasteiger partial charge in [-0.25, -0.2) is 0 Å². The fourth-order valence-corrected chi connectivity index (χ4v) is 5.00. The van der Waals surface area contributed by atoms with E-state index in [1.54, 1.807) is 0 Å². The monoisotopic (exact) mass is 467 g/mol. The molecule has 0 radical (unpaired) electrons. The van der Waals surface area contributed by atoms with Crippen molar-refractivity contribution in [3.63, 3.8) is 0 Å². The van der Waals surface area contributed by atoms with Crippen molar-refractivity contribution in [3.05, 3.63) is 0 Å². The first-order valence-corrected chi connectivity index (χ1v) is 15.9. The quantitative estimate of drug-likeness (QED) is 0.0995. The van der Waals surface area contributed by atoms with Crippen LogP contribution in [0.5, 0.6) is 0 Å². The highest BCUT2D eigenvalue weighted by molar-refractivity contribution is 4.61. The molecule has 1 unspecified atom stereocenters. The molecule has 0 heterocycles. The molecule has 0 aromatic rings. The van der Waals surface area contributed by atoms with E-state index in [-0.39, 0.29) is 0 Å². The summed E-state index contributed by atoms with van der Waals surface area (Å²) in [7, 11) is 0. The van der Waals surface area contributed by atoms with Gasteiger partial charge in [0, 0.05) is 13.2 Å². The van der Waals surface area contributed by atoms with E-state index in [0.29, 0.717) is 0 Å². The summed E-state index contributed by atoms with van der Waals surface area (Å²) < 4.78 is 6.04. The van der Waals surface area contributed by atoms with Crippen LogP contribution < -0.4 is 0 Å². The van der Waals surface area contributed by atoms with Gasteiger partial charge in [0.25, 0.3) is 0 Å². The molecule has 1 nitrogen and oxygen atoms in total. The van der Waals surface area contributed by atoms with Crippen LogP contribution in [0, 0.1) is 5.92 Å². The van der Waals surface area contributed by atoms with Crippen molar-refractivity contribution < 1.29 is 4.74 Å². The molecule has 0 aliphatic heterocycles. The van der Waals surface area contributed by atoms with Crippen LogP contribution in [-0.2, 0) is 4.74 Å². The van der Waals surface area contributed by atoms with E-state index in [9.17, 15) is 0 Å². The smallest absolute Gasteiger partial charge is 0.0494 e. The van der Waals surface area contributed by atoms with Gasteiger partial charge < -0.3 is 4.74 Å². The molecule has 1 heteroatoms. The molecule has 0 saturated carbocycles. The zero-order valence-electron chi connectivity index (χ0n) is 23.8.